The maximum absolute atomic E-state index is 12.2. The number of likely N-dealkylation sites (tertiary alicyclic amines) is 1. The molecule has 0 unspecified atom stereocenters. The SMILES string of the molecule is [C-]#[N+]c1c(Cl)nc(S(C)(=O)=O)nc1N1CCC2(CN(C(=O)OC(C)(C)C)C2)C1. The van der Waals surface area contributed by atoms with E-state index >= 15 is 0 Å². The number of hydrogen-bond donors (Lipinski definition) is 0. The van der Waals surface area contributed by atoms with Crippen molar-refractivity contribution < 1.29 is 17.9 Å². The number of aromatic nitrogens is 2. The Kier molecular flexibility index (Phi) is 4.96. The second-order valence-corrected chi connectivity index (χ2v) is 10.6. The molecule has 9 nitrogen and oxygen atoms in total. The predicted octanol–water partition coefficient (Wildman–Crippen LogP) is 2.53. The number of carbonyl (C=O) groups is 1. The molecule has 1 spiro atoms. The molecule has 0 bridgehead atoms. The van der Waals surface area contributed by atoms with E-state index in [1.165, 1.54) is 0 Å². The Morgan fingerprint density at radius 1 is 1.29 bits per heavy atom. The van der Waals surface area contributed by atoms with Gasteiger partial charge < -0.3 is 14.5 Å². The van der Waals surface area contributed by atoms with Crippen molar-refractivity contribution in [3.63, 3.8) is 0 Å². The fourth-order valence-electron chi connectivity index (χ4n) is 3.47. The minimum Gasteiger partial charge on any atom is -0.444 e. The third kappa shape index (κ3) is 4.00. The van der Waals surface area contributed by atoms with Crippen LogP contribution >= 0.6 is 11.6 Å². The van der Waals surface area contributed by atoms with Gasteiger partial charge in [-0.25, -0.2) is 28.0 Å². The van der Waals surface area contributed by atoms with Crippen molar-refractivity contribution in [2.24, 2.45) is 5.41 Å². The van der Waals surface area contributed by atoms with E-state index in [9.17, 15) is 13.2 Å². The van der Waals surface area contributed by atoms with Crippen molar-refractivity contribution >= 4 is 39.0 Å². The van der Waals surface area contributed by atoms with Crippen LogP contribution in [0.1, 0.15) is 27.2 Å². The van der Waals surface area contributed by atoms with E-state index in [1.807, 2.05) is 25.7 Å². The van der Waals surface area contributed by atoms with Gasteiger partial charge in [0, 0.05) is 37.8 Å². The molecule has 0 aliphatic carbocycles. The molecule has 1 amide bonds. The van der Waals surface area contributed by atoms with Crippen molar-refractivity contribution in [3.8, 4) is 0 Å². The molecule has 0 radical (unpaired) electrons. The minimum absolute atomic E-state index is 0.0365. The number of halogens is 1. The molecule has 1 aromatic heterocycles. The summed E-state index contributed by atoms with van der Waals surface area (Å²) in [6, 6.07) is 0. The lowest BCUT2D eigenvalue weighted by Crippen LogP contribution is -2.60. The molecule has 2 fully saturated rings. The number of sulfone groups is 1. The highest BCUT2D eigenvalue weighted by Gasteiger charge is 2.51. The largest absolute Gasteiger partial charge is 0.444 e. The van der Waals surface area contributed by atoms with Gasteiger partial charge in [-0.15, -0.1) is 0 Å². The van der Waals surface area contributed by atoms with Crippen molar-refractivity contribution in [1.29, 1.82) is 0 Å². The van der Waals surface area contributed by atoms with E-state index in [4.69, 9.17) is 22.9 Å². The number of ether oxygens (including phenoxy) is 1. The molecule has 0 atom stereocenters. The second-order valence-electron chi connectivity index (χ2n) is 8.36. The molecule has 2 saturated heterocycles. The van der Waals surface area contributed by atoms with Gasteiger partial charge in [-0.2, -0.15) is 0 Å². The van der Waals surface area contributed by atoms with Crippen LogP contribution in [0.5, 0.6) is 0 Å². The van der Waals surface area contributed by atoms with Crippen molar-refractivity contribution in [2.45, 2.75) is 37.9 Å². The van der Waals surface area contributed by atoms with Gasteiger partial charge in [0.05, 0.1) is 6.57 Å². The van der Waals surface area contributed by atoms with Gasteiger partial charge in [0.2, 0.25) is 15.0 Å². The lowest BCUT2D eigenvalue weighted by molar-refractivity contribution is -0.0266. The summed E-state index contributed by atoms with van der Waals surface area (Å²) in [4.78, 5) is 26.9. The molecule has 11 heteroatoms. The summed E-state index contributed by atoms with van der Waals surface area (Å²) < 4.78 is 29.1. The quantitative estimate of drug-likeness (QED) is 0.406. The molecule has 152 valence electrons. The van der Waals surface area contributed by atoms with Gasteiger partial charge in [0.25, 0.3) is 5.69 Å². The second kappa shape index (κ2) is 6.74. The number of nitrogens with zero attached hydrogens (tertiary/aromatic N) is 5. The standard InChI is InChI=1S/C17H22ClN5O4S/c1-16(2,3)27-15(24)23-9-17(10-23)6-7-22(8-17)13-11(19-4)12(18)20-14(21-13)28(5,25)26/h6-10H2,1-3,5H3. The molecule has 3 rings (SSSR count). The summed E-state index contributed by atoms with van der Waals surface area (Å²) in [6.45, 7) is 15.0. The Hall–Kier alpha value is -2.12. The lowest BCUT2D eigenvalue weighted by atomic mass is 9.79. The molecule has 3 heterocycles. The third-order valence-corrected chi connectivity index (χ3v) is 5.80. The Balaban J connectivity index is 1.78. The van der Waals surface area contributed by atoms with Crippen molar-refractivity contribution in [1.82, 2.24) is 14.9 Å². The predicted molar refractivity (Wildman–Crippen MR) is 103 cm³/mol. The van der Waals surface area contributed by atoms with Crippen LogP contribution in [0.25, 0.3) is 4.85 Å². The van der Waals surface area contributed by atoms with Crippen LogP contribution in [0.2, 0.25) is 5.15 Å². The number of amides is 1. The van der Waals surface area contributed by atoms with E-state index in [-0.39, 0.29) is 28.2 Å². The summed E-state index contributed by atoms with van der Waals surface area (Å²) in [5.74, 6) is 0.225. The van der Waals surface area contributed by atoms with E-state index in [0.29, 0.717) is 26.2 Å². The first kappa shape index (κ1) is 20.6. The summed E-state index contributed by atoms with van der Waals surface area (Å²) in [5.41, 5.74) is -0.639. The Labute approximate surface area is 169 Å². The highest BCUT2D eigenvalue weighted by molar-refractivity contribution is 7.90. The Bertz CT molecular complexity index is 961. The average molecular weight is 428 g/mol. The molecule has 0 aromatic carbocycles. The van der Waals surface area contributed by atoms with E-state index in [2.05, 4.69) is 14.8 Å². The fraction of sp³-hybridized carbons (Fsp3) is 0.647. The molecule has 0 saturated carbocycles. The van der Waals surface area contributed by atoms with E-state index < -0.39 is 20.6 Å². The van der Waals surface area contributed by atoms with Crippen LogP contribution in [0, 0.1) is 12.0 Å². The monoisotopic (exact) mass is 427 g/mol. The first-order chi connectivity index (χ1) is 12.8. The minimum atomic E-state index is -3.67. The van der Waals surface area contributed by atoms with E-state index in [1.54, 1.807) is 4.90 Å². The van der Waals surface area contributed by atoms with Crippen LogP contribution in [-0.2, 0) is 14.6 Å². The van der Waals surface area contributed by atoms with Gasteiger partial charge in [0.15, 0.2) is 0 Å². The molecule has 28 heavy (non-hydrogen) atoms. The van der Waals surface area contributed by atoms with Crippen LogP contribution in [0.4, 0.5) is 16.3 Å². The molecule has 2 aliphatic heterocycles. The Morgan fingerprint density at radius 3 is 2.46 bits per heavy atom. The molecular formula is C17H22ClN5O4S. The fourth-order valence-corrected chi connectivity index (χ4v) is 4.24. The van der Waals surface area contributed by atoms with Gasteiger partial charge in [0.1, 0.15) is 16.6 Å². The number of hydrogen-bond acceptors (Lipinski definition) is 7. The molecular weight excluding hydrogens is 406 g/mol. The average Bonchev–Trinajstić information content (AvgIpc) is 2.95. The lowest BCUT2D eigenvalue weighted by Gasteiger charge is -2.47. The number of carbonyl (C=O) groups excluding carboxylic acids is 1. The van der Waals surface area contributed by atoms with Gasteiger partial charge in [-0.05, 0) is 27.2 Å². The van der Waals surface area contributed by atoms with Gasteiger partial charge in [-0.1, -0.05) is 11.6 Å². The molecule has 2 aliphatic rings. The number of rotatable bonds is 2. The zero-order chi connectivity index (χ0) is 20.9. The van der Waals surface area contributed by atoms with Crippen LogP contribution in [0.15, 0.2) is 5.16 Å². The summed E-state index contributed by atoms with van der Waals surface area (Å²) in [6.07, 6.45) is 1.44. The Morgan fingerprint density at radius 2 is 1.93 bits per heavy atom. The topological polar surface area (TPSA) is 97.1 Å². The molecule has 0 N–H and O–H groups in total. The smallest absolute Gasteiger partial charge is 0.410 e. The number of anilines is 1. The summed E-state index contributed by atoms with van der Waals surface area (Å²) >= 11 is 6.04. The normalized spacial score (nSPS) is 18.7. The maximum Gasteiger partial charge on any atom is 0.410 e. The van der Waals surface area contributed by atoms with Gasteiger partial charge in [-0.3, -0.25) is 0 Å². The van der Waals surface area contributed by atoms with Crippen molar-refractivity contribution in [3.05, 3.63) is 16.6 Å². The van der Waals surface area contributed by atoms with Crippen LogP contribution in [0.3, 0.4) is 0 Å². The third-order valence-electron chi connectivity index (χ3n) is 4.69. The maximum atomic E-state index is 12.2. The van der Waals surface area contributed by atoms with Crippen LogP contribution in [-0.4, -0.2) is 67.4 Å². The summed E-state index contributed by atoms with van der Waals surface area (Å²) in [7, 11) is -3.67. The zero-order valence-electron chi connectivity index (χ0n) is 16.2. The van der Waals surface area contributed by atoms with Gasteiger partial charge >= 0.3 is 6.09 Å². The first-order valence-electron chi connectivity index (χ1n) is 8.72. The highest BCUT2D eigenvalue weighted by atomic mass is 35.5. The van der Waals surface area contributed by atoms with E-state index in [0.717, 1.165) is 12.7 Å². The van der Waals surface area contributed by atoms with Crippen molar-refractivity contribution in [2.75, 3.05) is 37.3 Å². The zero-order valence-corrected chi connectivity index (χ0v) is 17.8. The summed E-state index contributed by atoms with van der Waals surface area (Å²) in [5, 5.41) is -0.574. The first-order valence-corrected chi connectivity index (χ1v) is 11.0. The molecule has 1 aromatic rings. The van der Waals surface area contributed by atoms with Crippen LogP contribution < -0.4 is 4.90 Å². The highest BCUT2D eigenvalue weighted by Crippen LogP contribution is 2.44.